The summed E-state index contributed by atoms with van der Waals surface area (Å²) in [5.74, 6) is 1.39. The van der Waals surface area contributed by atoms with Gasteiger partial charge in [0.1, 0.15) is 5.75 Å². The van der Waals surface area contributed by atoms with Crippen LogP contribution >= 0.6 is 0 Å². The number of ether oxygens (including phenoxy) is 1. The number of methoxy groups -OCH3 is 1. The number of guanidine groups is 1. The molecule has 0 atom stereocenters. The minimum absolute atomic E-state index is 0.251. The van der Waals surface area contributed by atoms with Gasteiger partial charge in [0.2, 0.25) is 11.9 Å². The first-order valence-corrected chi connectivity index (χ1v) is 11.8. The second kappa shape index (κ2) is 9.89. The lowest BCUT2D eigenvalue weighted by Crippen LogP contribution is -2.34. The molecule has 3 aromatic rings. The van der Waals surface area contributed by atoms with Gasteiger partial charge in [-0.3, -0.25) is 14.7 Å². The number of hydrogen-bond donors (Lipinski definition) is 1. The van der Waals surface area contributed by atoms with E-state index in [-0.39, 0.29) is 5.91 Å². The lowest BCUT2D eigenvalue weighted by Gasteiger charge is -2.25. The lowest BCUT2D eigenvalue weighted by molar-refractivity contribution is -0.111. The minimum atomic E-state index is -0.251. The third-order valence-electron chi connectivity index (χ3n) is 6.22. The zero-order chi connectivity index (χ0) is 24.2. The quantitative estimate of drug-likeness (QED) is 0.472. The molecule has 2 aliphatic heterocycles. The lowest BCUT2D eigenvalue weighted by atomic mass is 10.1. The molecular weight excluding hydrogens is 436 g/mol. The van der Waals surface area contributed by atoms with Crippen molar-refractivity contribution in [3.8, 4) is 16.9 Å². The van der Waals surface area contributed by atoms with Crippen molar-refractivity contribution < 1.29 is 9.53 Å². The molecule has 0 radical (unpaired) electrons. The van der Waals surface area contributed by atoms with E-state index in [4.69, 9.17) is 9.73 Å². The fraction of sp³-hybridized carbons (Fsp3) is 0.172. The Balaban J connectivity index is 1.55. The molecule has 0 saturated heterocycles. The van der Waals surface area contributed by atoms with Gasteiger partial charge < -0.3 is 15.0 Å². The number of nitrogens with zero attached hydrogens (tertiary/aromatic N) is 3. The van der Waals surface area contributed by atoms with Crippen LogP contribution in [0.2, 0.25) is 0 Å². The van der Waals surface area contributed by atoms with Crippen LogP contribution in [0.5, 0.6) is 5.75 Å². The summed E-state index contributed by atoms with van der Waals surface area (Å²) in [6.45, 7) is 5.19. The van der Waals surface area contributed by atoms with Crippen LogP contribution in [-0.4, -0.2) is 37.0 Å². The van der Waals surface area contributed by atoms with Gasteiger partial charge in [-0.05, 0) is 60.4 Å². The Bertz CT molecular complexity index is 1300. The Kier molecular flexibility index (Phi) is 6.35. The summed E-state index contributed by atoms with van der Waals surface area (Å²) in [5, 5.41) is 2.85. The molecule has 0 aliphatic carbocycles. The highest BCUT2D eigenvalue weighted by atomic mass is 16.5. The number of anilines is 2. The molecule has 35 heavy (non-hydrogen) atoms. The second-order valence-electron chi connectivity index (χ2n) is 8.45. The number of amides is 1. The average molecular weight is 465 g/mol. The molecule has 2 heterocycles. The van der Waals surface area contributed by atoms with E-state index in [0.29, 0.717) is 5.69 Å². The standard InChI is InChI=1S/C29H28N4O2/c1-3-28(34)31-23-13-16-27(35-2)25(19-23)26-20-33(29-30-17-7-8-18-32(26)29)24-14-11-22(12-15-24)21-9-5-4-6-10-21/h3-6,9-16,19-20H,1,7-8,17-18H2,2H3,(H,31,34). The van der Waals surface area contributed by atoms with E-state index in [1.165, 1.54) is 17.2 Å². The Labute approximate surface area is 205 Å². The topological polar surface area (TPSA) is 57.2 Å². The third-order valence-corrected chi connectivity index (χ3v) is 6.22. The Morgan fingerprint density at radius 1 is 1.03 bits per heavy atom. The number of rotatable bonds is 6. The molecule has 176 valence electrons. The fourth-order valence-corrected chi connectivity index (χ4v) is 4.46. The van der Waals surface area contributed by atoms with Crippen LogP contribution in [0, 0.1) is 0 Å². The first-order valence-electron chi connectivity index (χ1n) is 11.8. The monoisotopic (exact) mass is 464 g/mol. The summed E-state index contributed by atoms with van der Waals surface area (Å²) in [6.07, 6.45) is 5.46. The molecule has 5 rings (SSSR count). The van der Waals surface area contributed by atoms with Crippen molar-refractivity contribution in [1.29, 1.82) is 0 Å². The zero-order valence-electron chi connectivity index (χ0n) is 19.8. The molecule has 2 aliphatic rings. The fourth-order valence-electron chi connectivity index (χ4n) is 4.46. The van der Waals surface area contributed by atoms with Crippen molar-refractivity contribution in [2.24, 2.45) is 4.99 Å². The number of benzene rings is 3. The summed E-state index contributed by atoms with van der Waals surface area (Å²) in [5.41, 5.74) is 5.97. The average Bonchev–Trinajstić information content (AvgIpc) is 3.09. The van der Waals surface area contributed by atoms with Crippen molar-refractivity contribution in [3.63, 3.8) is 0 Å². The Hall–Kier alpha value is -4.32. The molecule has 0 aromatic heterocycles. The molecule has 0 spiro atoms. The van der Waals surface area contributed by atoms with Crippen LogP contribution in [0.3, 0.4) is 0 Å². The highest BCUT2D eigenvalue weighted by Gasteiger charge is 2.32. The van der Waals surface area contributed by atoms with Gasteiger partial charge >= 0.3 is 0 Å². The predicted molar refractivity (Wildman–Crippen MR) is 142 cm³/mol. The first-order chi connectivity index (χ1) is 17.2. The molecular formula is C29H28N4O2. The van der Waals surface area contributed by atoms with Gasteiger partial charge in [0.25, 0.3) is 0 Å². The van der Waals surface area contributed by atoms with E-state index in [1.807, 2.05) is 24.3 Å². The zero-order valence-corrected chi connectivity index (χ0v) is 19.8. The highest BCUT2D eigenvalue weighted by Crippen LogP contribution is 2.38. The van der Waals surface area contributed by atoms with Crippen LogP contribution in [0.1, 0.15) is 18.4 Å². The van der Waals surface area contributed by atoms with E-state index < -0.39 is 0 Å². The van der Waals surface area contributed by atoms with E-state index in [1.54, 1.807) is 7.11 Å². The van der Waals surface area contributed by atoms with Gasteiger partial charge in [-0.2, -0.15) is 0 Å². The highest BCUT2D eigenvalue weighted by molar-refractivity contribution is 6.08. The molecule has 0 saturated carbocycles. The van der Waals surface area contributed by atoms with E-state index >= 15 is 0 Å². The van der Waals surface area contributed by atoms with E-state index in [9.17, 15) is 4.79 Å². The van der Waals surface area contributed by atoms with Gasteiger partial charge in [-0.1, -0.05) is 49.0 Å². The van der Waals surface area contributed by atoms with Crippen molar-refractivity contribution in [2.45, 2.75) is 12.8 Å². The van der Waals surface area contributed by atoms with Crippen molar-refractivity contribution in [3.05, 3.63) is 97.2 Å². The van der Waals surface area contributed by atoms with Gasteiger partial charge in [0.05, 0.1) is 12.8 Å². The SMILES string of the molecule is C=CC(=O)Nc1ccc(OC)c(C2=CN(c3ccc(-c4ccccc4)cc3)C3=NCCCCN23)c1. The summed E-state index contributed by atoms with van der Waals surface area (Å²) in [6, 6.07) is 24.6. The van der Waals surface area contributed by atoms with Crippen LogP contribution in [0.15, 0.2) is 96.6 Å². The first kappa shape index (κ1) is 22.5. The normalized spacial score (nSPS) is 15.0. The molecule has 0 bridgehead atoms. The van der Waals surface area contributed by atoms with Crippen LogP contribution in [-0.2, 0) is 4.79 Å². The van der Waals surface area contributed by atoms with Crippen LogP contribution in [0.25, 0.3) is 16.8 Å². The smallest absolute Gasteiger partial charge is 0.247 e. The maximum Gasteiger partial charge on any atom is 0.247 e. The summed E-state index contributed by atoms with van der Waals surface area (Å²) < 4.78 is 5.70. The van der Waals surface area contributed by atoms with Gasteiger partial charge in [-0.15, -0.1) is 0 Å². The Morgan fingerprint density at radius 2 is 1.80 bits per heavy atom. The number of carbonyl (C=O) groups is 1. The third kappa shape index (κ3) is 4.55. The molecule has 1 N–H and O–H groups in total. The Morgan fingerprint density at radius 3 is 2.54 bits per heavy atom. The van der Waals surface area contributed by atoms with Crippen LogP contribution < -0.4 is 15.0 Å². The second-order valence-corrected chi connectivity index (χ2v) is 8.45. The molecule has 6 heteroatoms. The molecule has 6 nitrogen and oxygen atoms in total. The summed E-state index contributed by atoms with van der Waals surface area (Å²) >= 11 is 0. The minimum Gasteiger partial charge on any atom is -0.496 e. The number of nitrogens with one attached hydrogen (secondary N) is 1. The number of fused-ring (bicyclic) bond motifs is 1. The predicted octanol–water partition coefficient (Wildman–Crippen LogP) is 5.76. The van der Waals surface area contributed by atoms with Gasteiger partial charge in [0.15, 0.2) is 0 Å². The molecule has 1 amide bonds. The van der Waals surface area contributed by atoms with E-state index in [2.05, 4.69) is 76.4 Å². The van der Waals surface area contributed by atoms with E-state index in [0.717, 1.165) is 54.6 Å². The number of hydrogen-bond acceptors (Lipinski definition) is 5. The van der Waals surface area contributed by atoms with Crippen molar-refractivity contribution in [2.75, 3.05) is 30.4 Å². The van der Waals surface area contributed by atoms with Gasteiger partial charge in [0, 0.05) is 36.2 Å². The summed E-state index contributed by atoms with van der Waals surface area (Å²) in [7, 11) is 1.66. The summed E-state index contributed by atoms with van der Waals surface area (Å²) in [4.78, 5) is 21.2. The number of carbonyl (C=O) groups excluding carboxylic acids is 1. The molecule has 0 unspecified atom stereocenters. The maximum absolute atomic E-state index is 11.9. The number of aliphatic imine (C=N–C) groups is 1. The van der Waals surface area contributed by atoms with Crippen LogP contribution in [0.4, 0.5) is 11.4 Å². The maximum atomic E-state index is 11.9. The van der Waals surface area contributed by atoms with Gasteiger partial charge in [-0.25, -0.2) is 0 Å². The molecule has 3 aromatic carbocycles. The largest absolute Gasteiger partial charge is 0.496 e. The molecule has 0 fully saturated rings. The van der Waals surface area contributed by atoms with Crippen molar-refractivity contribution >= 4 is 28.9 Å². The van der Waals surface area contributed by atoms with Crippen molar-refractivity contribution in [1.82, 2.24) is 4.90 Å².